The van der Waals surface area contributed by atoms with Gasteiger partial charge in [-0.1, -0.05) is 12.1 Å². The fourth-order valence-corrected chi connectivity index (χ4v) is 1.79. The molecular formula is C14H13N3O. The molecule has 0 spiro atoms. The van der Waals surface area contributed by atoms with Crippen LogP contribution in [0.1, 0.15) is 5.82 Å². The summed E-state index contributed by atoms with van der Waals surface area (Å²) in [7, 11) is 0. The summed E-state index contributed by atoms with van der Waals surface area (Å²) in [6.07, 6.45) is 0. The van der Waals surface area contributed by atoms with Gasteiger partial charge in [0.15, 0.2) is 0 Å². The zero-order chi connectivity index (χ0) is 12.4. The number of rotatable bonds is 3. The smallest absolute Gasteiger partial charge is 0.146 e. The van der Waals surface area contributed by atoms with Gasteiger partial charge in [0.25, 0.3) is 0 Å². The normalized spacial score (nSPS) is 10.7. The van der Waals surface area contributed by atoms with Crippen LogP contribution in [0.3, 0.4) is 0 Å². The van der Waals surface area contributed by atoms with Crippen LogP contribution < -0.4 is 10.5 Å². The van der Waals surface area contributed by atoms with E-state index in [2.05, 4.69) is 9.97 Å². The van der Waals surface area contributed by atoms with E-state index in [9.17, 15) is 0 Å². The molecule has 0 unspecified atom stereocenters. The lowest BCUT2D eigenvalue weighted by molar-refractivity contribution is 0.297. The van der Waals surface area contributed by atoms with Crippen LogP contribution in [0.25, 0.3) is 11.0 Å². The highest BCUT2D eigenvalue weighted by Gasteiger charge is 2.02. The molecule has 3 N–H and O–H groups in total. The van der Waals surface area contributed by atoms with Crippen molar-refractivity contribution in [2.75, 3.05) is 5.73 Å². The molecule has 3 rings (SSSR count). The third kappa shape index (κ3) is 2.13. The Morgan fingerprint density at radius 3 is 2.61 bits per heavy atom. The molecule has 18 heavy (non-hydrogen) atoms. The predicted molar refractivity (Wildman–Crippen MR) is 71.3 cm³/mol. The molecule has 0 amide bonds. The van der Waals surface area contributed by atoms with Crippen molar-refractivity contribution in [3.63, 3.8) is 0 Å². The fraction of sp³-hybridized carbons (Fsp3) is 0.0714. The quantitative estimate of drug-likeness (QED) is 0.691. The predicted octanol–water partition coefficient (Wildman–Crippen LogP) is 2.72. The molecule has 0 bridgehead atoms. The number of fused-ring (bicyclic) bond motifs is 1. The van der Waals surface area contributed by atoms with Gasteiger partial charge in [0.05, 0.1) is 11.0 Å². The number of anilines is 1. The van der Waals surface area contributed by atoms with Crippen LogP contribution in [0.15, 0.2) is 48.5 Å². The van der Waals surface area contributed by atoms with Crippen LogP contribution >= 0.6 is 0 Å². The number of H-pyrrole nitrogens is 1. The molecule has 0 saturated heterocycles. The lowest BCUT2D eigenvalue weighted by Crippen LogP contribution is -1.97. The molecule has 0 fully saturated rings. The molecule has 3 aromatic rings. The molecule has 2 aromatic carbocycles. The van der Waals surface area contributed by atoms with Gasteiger partial charge in [-0.15, -0.1) is 0 Å². The Morgan fingerprint density at radius 1 is 1.06 bits per heavy atom. The Hall–Kier alpha value is -2.49. The van der Waals surface area contributed by atoms with Gasteiger partial charge in [0, 0.05) is 5.69 Å². The summed E-state index contributed by atoms with van der Waals surface area (Å²) < 4.78 is 5.63. The summed E-state index contributed by atoms with van der Waals surface area (Å²) in [5.74, 6) is 1.60. The SMILES string of the molecule is Nc1ccc(OCc2nc3ccccc3[nH]2)cc1. The van der Waals surface area contributed by atoms with Crippen LogP contribution in [0.4, 0.5) is 5.69 Å². The minimum Gasteiger partial charge on any atom is -0.486 e. The van der Waals surface area contributed by atoms with Gasteiger partial charge in [0.2, 0.25) is 0 Å². The number of aromatic nitrogens is 2. The highest BCUT2D eigenvalue weighted by Crippen LogP contribution is 2.15. The van der Waals surface area contributed by atoms with Gasteiger partial charge >= 0.3 is 0 Å². The van der Waals surface area contributed by atoms with Crippen molar-refractivity contribution in [1.82, 2.24) is 9.97 Å². The van der Waals surface area contributed by atoms with Gasteiger partial charge in [-0.05, 0) is 36.4 Å². The Labute approximate surface area is 104 Å². The molecule has 0 saturated carbocycles. The zero-order valence-corrected chi connectivity index (χ0v) is 9.76. The van der Waals surface area contributed by atoms with E-state index in [1.54, 1.807) is 0 Å². The first-order valence-corrected chi connectivity index (χ1v) is 5.73. The van der Waals surface area contributed by atoms with Crippen molar-refractivity contribution in [1.29, 1.82) is 0 Å². The monoisotopic (exact) mass is 239 g/mol. The molecule has 0 aliphatic carbocycles. The molecular weight excluding hydrogens is 226 g/mol. The standard InChI is InChI=1S/C14H13N3O/c15-10-5-7-11(8-6-10)18-9-14-16-12-3-1-2-4-13(12)17-14/h1-8H,9,15H2,(H,16,17). The maximum absolute atomic E-state index is 5.63. The number of ether oxygens (including phenoxy) is 1. The van der Waals surface area contributed by atoms with Gasteiger partial charge in [-0.2, -0.15) is 0 Å². The van der Waals surface area contributed by atoms with E-state index in [0.29, 0.717) is 6.61 Å². The second-order valence-corrected chi connectivity index (χ2v) is 4.06. The largest absolute Gasteiger partial charge is 0.486 e. The molecule has 90 valence electrons. The molecule has 0 radical (unpaired) electrons. The average molecular weight is 239 g/mol. The van der Waals surface area contributed by atoms with Crippen LogP contribution in [-0.4, -0.2) is 9.97 Å². The Balaban J connectivity index is 1.74. The minimum absolute atomic E-state index is 0.415. The van der Waals surface area contributed by atoms with Gasteiger partial charge in [-0.3, -0.25) is 0 Å². The number of benzene rings is 2. The maximum atomic E-state index is 5.63. The second-order valence-electron chi connectivity index (χ2n) is 4.06. The number of nitrogens with one attached hydrogen (secondary N) is 1. The third-order valence-corrected chi connectivity index (χ3v) is 2.69. The van der Waals surface area contributed by atoms with E-state index < -0.39 is 0 Å². The van der Waals surface area contributed by atoms with Crippen molar-refractivity contribution < 1.29 is 4.74 Å². The molecule has 4 heteroatoms. The van der Waals surface area contributed by atoms with E-state index in [-0.39, 0.29) is 0 Å². The number of para-hydroxylation sites is 2. The summed E-state index contributed by atoms with van der Waals surface area (Å²) in [6, 6.07) is 15.2. The Morgan fingerprint density at radius 2 is 1.83 bits per heavy atom. The van der Waals surface area contributed by atoms with Crippen molar-refractivity contribution in [3.05, 3.63) is 54.4 Å². The summed E-state index contributed by atoms with van der Waals surface area (Å²) >= 11 is 0. The Bertz CT molecular complexity index is 625. The fourth-order valence-electron chi connectivity index (χ4n) is 1.79. The first-order valence-electron chi connectivity index (χ1n) is 5.73. The number of aromatic amines is 1. The van der Waals surface area contributed by atoms with E-state index in [1.165, 1.54) is 0 Å². The molecule has 0 aliphatic heterocycles. The Kier molecular flexibility index (Phi) is 2.61. The topological polar surface area (TPSA) is 63.9 Å². The summed E-state index contributed by atoms with van der Waals surface area (Å²) in [5, 5.41) is 0. The highest BCUT2D eigenvalue weighted by atomic mass is 16.5. The van der Waals surface area contributed by atoms with Gasteiger partial charge < -0.3 is 15.5 Å². The molecule has 0 atom stereocenters. The molecule has 0 aliphatic rings. The average Bonchev–Trinajstić information content (AvgIpc) is 2.81. The van der Waals surface area contributed by atoms with Gasteiger partial charge in [0.1, 0.15) is 18.2 Å². The van der Waals surface area contributed by atoms with Crippen LogP contribution in [0.5, 0.6) is 5.75 Å². The number of nitrogen functional groups attached to an aromatic ring is 1. The summed E-state index contributed by atoms with van der Waals surface area (Å²) in [6.45, 7) is 0.415. The second kappa shape index (κ2) is 4.41. The molecule has 1 aromatic heterocycles. The van der Waals surface area contributed by atoms with Crippen LogP contribution in [-0.2, 0) is 6.61 Å². The maximum Gasteiger partial charge on any atom is 0.146 e. The first-order chi connectivity index (χ1) is 8.81. The molecule has 4 nitrogen and oxygen atoms in total. The summed E-state index contributed by atoms with van der Waals surface area (Å²) in [4.78, 5) is 7.66. The highest BCUT2D eigenvalue weighted by molar-refractivity contribution is 5.74. The van der Waals surface area contributed by atoms with E-state index in [0.717, 1.165) is 28.3 Å². The first kappa shape index (κ1) is 10.7. The zero-order valence-electron chi connectivity index (χ0n) is 9.76. The lowest BCUT2D eigenvalue weighted by atomic mass is 10.3. The van der Waals surface area contributed by atoms with Crippen molar-refractivity contribution >= 4 is 16.7 Å². The molecule has 1 heterocycles. The number of imidazole rings is 1. The van der Waals surface area contributed by atoms with Gasteiger partial charge in [-0.25, -0.2) is 4.98 Å². The van der Waals surface area contributed by atoms with E-state index >= 15 is 0 Å². The summed E-state index contributed by atoms with van der Waals surface area (Å²) in [5.41, 5.74) is 8.31. The number of hydrogen-bond acceptors (Lipinski definition) is 3. The minimum atomic E-state index is 0.415. The number of nitrogens with two attached hydrogens (primary N) is 1. The number of nitrogens with zero attached hydrogens (tertiary/aromatic N) is 1. The third-order valence-electron chi connectivity index (χ3n) is 2.69. The van der Waals surface area contributed by atoms with Crippen molar-refractivity contribution in [2.24, 2.45) is 0 Å². The van der Waals surface area contributed by atoms with Crippen LogP contribution in [0, 0.1) is 0 Å². The lowest BCUT2D eigenvalue weighted by Gasteiger charge is -2.03. The van der Waals surface area contributed by atoms with E-state index in [1.807, 2.05) is 48.5 Å². The van der Waals surface area contributed by atoms with Crippen molar-refractivity contribution in [3.8, 4) is 5.75 Å². The van der Waals surface area contributed by atoms with Crippen LogP contribution in [0.2, 0.25) is 0 Å². The van der Waals surface area contributed by atoms with E-state index in [4.69, 9.17) is 10.5 Å². The van der Waals surface area contributed by atoms with Crippen molar-refractivity contribution in [2.45, 2.75) is 6.61 Å². The number of hydrogen-bond donors (Lipinski definition) is 2.